The number of phenols is 1. The minimum Gasteiger partial charge on any atom is -0.506 e. The number of hydrogen-bond acceptors (Lipinski definition) is 5. The molecular weight excluding hydrogens is 524 g/mol. The van der Waals surface area contributed by atoms with Gasteiger partial charge in [-0.15, -0.1) is 0 Å². The molecule has 2 atom stereocenters. The Morgan fingerprint density at radius 3 is 2.24 bits per heavy atom. The fraction of sp³-hybridized carbons (Fsp3) is 0.611. The highest BCUT2D eigenvalue weighted by Crippen LogP contribution is 2.38. The summed E-state index contributed by atoms with van der Waals surface area (Å²) in [6, 6.07) is 5.80. The van der Waals surface area contributed by atoms with Gasteiger partial charge < -0.3 is 20.1 Å². The minimum absolute atomic E-state index is 0.0776. The van der Waals surface area contributed by atoms with E-state index >= 15 is 0 Å². The Hall–Kier alpha value is -3.02. The lowest BCUT2D eigenvalue weighted by atomic mass is 9.84. The molecule has 2 rings (SSSR count). The summed E-state index contributed by atoms with van der Waals surface area (Å²) in [5.74, 6) is 0.913. The van der Waals surface area contributed by atoms with Crippen LogP contribution in [0.3, 0.4) is 0 Å². The van der Waals surface area contributed by atoms with Crippen LogP contribution >= 0.6 is 0 Å². The Morgan fingerprint density at radius 1 is 1.17 bits per heavy atom. The Balaban J connectivity index is 0.000000962. The van der Waals surface area contributed by atoms with Crippen LogP contribution in [0.1, 0.15) is 126 Å². The van der Waals surface area contributed by atoms with Crippen molar-refractivity contribution in [1.29, 1.82) is 0 Å². The number of ether oxygens (including phenoxy) is 1. The molecular formula is C36H58N2O4. The molecule has 0 bridgehead atoms. The summed E-state index contributed by atoms with van der Waals surface area (Å²) in [6.45, 7) is 26.5. The number of carbonyl (C=O) groups is 2. The van der Waals surface area contributed by atoms with Crippen LogP contribution in [0.25, 0.3) is 0 Å². The lowest BCUT2D eigenvalue weighted by molar-refractivity contribution is -0.117. The lowest BCUT2D eigenvalue weighted by Crippen LogP contribution is -2.48. The number of allylic oxidation sites excluding steroid dienone is 2. The molecule has 0 spiro atoms. The molecule has 6 heteroatoms. The number of phenolic OH excluding ortho intramolecular Hbond substituents is 1. The SMILES string of the molecule is C=CC(=O)C(C)CC.CCCC(=C(C)CC)C1=C(Nc2ccc(C(C)C)cc2O)CCN(C(=O)OC(C)(C)C)C1CC. The molecule has 0 fully saturated rings. The van der Waals surface area contributed by atoms with E-state index < -0.39 is 5.60 Å². The first-order valence-corrected chi connectivity index (χ1v) is 15.8. The molecule has 1 aliphatic rings. The van der Waals surface area contributed by atoms with Crippen molar-refractivity contribution in [3.05, 3.63) is 58.8 Å². The summed E-state index contributed by atoms with van der Waals surface area (Å²) in [6.07, 6.45) is 6.45. The Morgan fingerprint density at radius 2 is 1.81 bits per heavy atom. The topological polar surface area (TPSA) is 78.9 Å². The van der Waals surface area contributed by atoms with Crippen molar-refractivity contribution < 1.29 is 19.4 Å². The van der Waals surface area contributed by atoms with Gasteiger partial charge in [-0.3, -0.25) is 4.79 Å². The van der Waals surface area contributed by atoms with Crippen molar-refractivity contribution in [3.63, 3.8) is 0 Å². The van der Waals surface area contributed by atoms with Crippen LogP contribution in [0, 0.1) is 5.92 Å². The molecule has 1 heterocycles. The summed E-state index contributed by atoms with van der Waals surface area (Å²) in [5, 5.41) is 14.3. The summed E-state index contributed by atoms with van der Waals surface area (Å²) in [5.41, 5.74) is 6.23. The number of nitrogens with one attached hydrogen (secondary N) is 1. The van der Waals surface area contributed by atoms with Crippen molar-refractivity contribution in [2.75, 3.05) is 11.9 Å². The predicted octanol–water partition coefficient (Wildman–Crippen LogP) is 9.92. The van der Waals surface area contributed by atoms with Crippen molar-refractivity contribution >= 4 is 17.6 Å². The zero-order chi connectivity index (χ0) is 32.2. The van der Waals surface area contributed by atoms with Gasteiger partial charge in [0.1, 0.15) is 11.4 Å². The molecule has 236 valence electrons. The Bertz CT molecular complexity index is 1120. The number of carbonyl (C=O) groups excluding carboxylic acids is 2. The fourth-order valence-electron chi connectivity index (χ4n) is 4.98. The molecule has 6 nitrogen and oxygen atoms in total. The van der Waals surface area contributed by atoms with Crippen LogP contribution in [-0.4, -0.2) is 40.1 Å². The number of benzene rings is 1. The molecule has 0 saturated carbocycles. The Kier molecular flexibility index (Phi) is 15.1. The largest absolute Gasteiger partial charge is 0.506 e. The number of nitrogens with zero attached hydrogens (tertiary/aromatic N) is 1. The van der Waals surface area contributed by atoms with Crippen LogP contribution in [0.2, 0.25) is 0 Å². The standard InChI is InChI=1S/C29H46N2O3.C7H12O/c1-10-13-22(20(6)11-2)27-24(30-23-15-14-21(19(4)5)18-26(23)32)16-17-31(25(27)12-3)28(33)34-29(7,8)9;1-4-6(3)7(8)5-2/h14-15,18-19,25,30,32H,10-13,16-17H2,1-9H3;5-6H,2,4H2,1,3H3. The third kappa shape index (κ3) is 10.7. The second-order valence-corrected chi connectivity index (χ2v) is 12.6. The summed E-state index contributed by atoms with van der Waals surface area (Å²) >= 11 is 0. The van der Waals surface area contributed by atoms with E-state index in [9.17, 15) is 14.7 Å². The van der Waals surface area contributed by atoms with E-state index in [0.29, 0.717) is 24.6 Å². The van der Waals surface area contributed by atoms with Gasteiger partial charge in [-0.25, -0.2) is 4.79 Å². The third-order valence-electron chi connectivity index (χ3n) is 7.80. The second kappa shape index (κ2) is 17.2. The summed E-state index contributed by atoms with van der Waals surface area (Å²) < 4.78 is 5.78. The number of ketones is 1. The first-order chi connectivity index (χ1) is 19.6. The molecule has 1 aromatic carbocycles. The molecule has 2 unspecified atom stereocenters. The molecule has 2 N–H and O–H groups in total. The maximum atomic E-state index is 13.2. The van der Waals surface area contributed by atoms with Crippen LogP contribution in [0.5, 0.6) is 5.75 Å². The Labute approximate surface area is 256 Å². The van der Waals surface area contributed by atoms with Gasteiger partial charge in [0, 0.05) is 24.6 Å². The fourth-order valence-corrected chi connectivity index (χ4v) is 4.98. The summed E-state index contributed by atoms with van der Waals surface area (Å²) in [4.78, 5) is 25.7. The van der Waals surface area contributed by atoms with Gasteiger partial charge in [-0.2, -0.15) is 0 Å². The average Bonchev–Trinajstić information content (AvgIpc) is 2.94. The van der Waals surface area contributed by atoms with Gasteiger partial charge in [0.05, 0.1) is 11.7 Å². The highest BCUT2D eigenvalue weighted by atomic mass is 16.6. The smallest absolute Gasteiger partial charge is 0.410 e. The van der Waals surface area contributed by atoms with E-state index in [0.717, 1.165) is 43.4 Å². The lowest BCUT2D eigenvalue weighted by Gasteiger charge is -2.40. The first kappa shape index (κ1) is 37.0. The highest BCUT2D eigenvalue weighted by molar-refractivity contribution is 5.90. The van der Waals surface area contributed by atoms with Crippen molar-refractivity contribution in [2.45, 2.75) is 132 Å². The van der Waals surface area contributed by atoms with Crippen molar-refractivity contribution in [3.8, 4) is 5.75 Å². The number of hydrogen-bond donors (Lipinski definition) is 2. The monoisotopic (exact) mass is 582 g/mol. The van der Waals surface area contributed by atoms with E-state index in [1.54, 1.807) is 0 Å². The van der Waals surface area contributed by atoms with Crippen LogP contribution in [-0.2, 0) is 9.53 Å². The molecule has 0 aromatic heterocycles. The highest BCUT2D eigenvalue weighted by Gasteiger charge is 2.36. The molecule has 1 amide bonds. The van der Waals surface area contributed by atoms with Crippen LogP contribution in [0.4, 0.5) is 10.5 Å². The molecule has 0 saturated heterocycles. The van der Waals surface area contributed by atoms with Crippen LogP contribution < -0.4 is 5.32 Å². The number of anilines is 1. The summed E-state index contributed by atoms with van der Waals surface area (Å²) in [7, 11) is 0. The van der Waals surface area contributed by atoms with Gasteiger partial charge in [-0.1, -0.05) is 73.1 Å². The average molecular weight is 583 g/mol. The van der Waals surface area contributed by atoms with Gasteiger partial charge in [0.2, 0.25) is 0 Å². The number of aromatic hydroxyl groups is 1. The van der Waals surface area contributed by atoms with Crippen LogP contribution in [0.15, 0.2) is 53.3 Å². The number of amides is 1. The van der Waals surface area contributed by atoms with E-state index in [1.807, 2.05) is 51.7 Å². The van der Waals surface area contributed by atoms with Crippen molar-refractivity contribution in [1.82, 2.24) is 4.90 Å². The van der Waals surface area contributed by atoms with Crippen molar-refractivity contribution in [2.24, 2.45) is 5.92 Å². The van der Waals surface area contributed by atoms with E-state index in [1.165, 1.54) is 22.8 Å². The van der Waals surface area contributed by atoms with E-state index in [-0.39, 0.29) is 29.6 Å². The van der Waals surface area contributed by atoms with Gasteiger partial charge in [0.15, 0.2) is 5.78 Å². The first-order valence-electron chi connectivity index (χ1n) is 15.8. The quantitative estimate of drug-likeness (QED) is 0.200. The third-order valence-corrected chi connectivity index (χ3v) is 7.80. The van der Waals surface area contributed by atoms with Gasteiger partial charge >= 0.3 is 6.09 Å². The zero-order valence-electron chi connectivity index (χ0n) is 28.3. The predicted molar refractivity (Wildman–Crippen MR) is 177 cm³/mol. The maximum absolute atomic E-state index is 13.2. The molecule has 42 heavy (non-hydrogen) atoms. The van der Waals surface area contributed by atoms with Gasteiger partial charge in [-0.05, 0) is 94.2 Å². The molecule has 0 radical (unpaired) electrons. The number of rotatable bonds is 11. The molecule has 1 aliphatic heterocycles. The maximum Gasteiger partial charge on any atom is 0.410 e. The second-order valence-electron chi connectivity index (χ2n) is 12.6. The minimum atomic E-state index is -0.539. The molecule has 1 aromatic rings. The normalized spacial score (nSPS) is 16.8. The zero-order valence-corrected chi connectivity index (χ0v) is 28.3. The molecule has 0 aliphatic carbocycles. The van der Waals surface area contributed by atoms with E-state index in [4.69, 9.17) is 4.74 Å². The van der Waals surface area contributed by atoms with E-state index in [2.05, 4.69) is 59.5 Å². The van der Waals surface area contributed by atoms with Gasteiger partial charge in [0.25, 0.3) is 0 Å².